The van der Waals surface area contributed by atoms with Crippen molar-refractivity contribution >= 4 is 11.6 Å². The highest BCUT2D eigenvalue weighted by Crippen LogP contribution is 2.03. The molecule has 0 aliphatic rings. The quantitative estimate of drug-likeness (QED) is 0.602. The van der Waals surface area contributed by atoms with Crippen LogP contribution in [0.5, 0.6) is 5.88 Å². The molecule has 1 heterocycles. The van der Waals surface area contributed by atoms with Gasteiger partial charge in [0.1, 0.15) is 5.36 Å². The largest absolute Gasteiger partial charge is 0.478 e. The lowest BCUT2D eigenvalue weighted by atomic mass is 10.5. The molecule has 0 atom stereocenters. The number of hydrogen-bond donors (Lipinski definition) is 2. The Labute approximate surface area is 67.3 Å². The first-order chi connectivity index (χ1) is 5.15. The van der Waals surface area contributed by atoms with Crippen LogP contribution in [0.15, 0.2) is 6.07 Å². The average molecular weight is 176 g/mol. The molecule has 0 aliphatic carbocycles. The van der Waals surface area contributed by atoms with E-state index >= 15 is 0 Å². The monoisotopic (exact) mass is 175 g/mol. The number of methoxy groups -OCH3 is 1. The van der Waals surface area contributed by atoms with Gasteiger partial charge in [-0.15, -0.1) is 0 Å². The zero-order valence-electron chi connectivity index (χ0n) is 5.71. The molecular formula is C5H6ClN3O2. The second kappa shape index (κ2) is 2.79. The molecule has 1 aromatic heterocycles. The van der Waals surface area contributed by atoms with E-state index in [0.717, 1.165) is 0 Å². The fourth-order valence-corrected chi connectivity index (χ4v) is 0.724. The summed E-state index contributed by atoms with van der Waals surface area (Å²) in [7, 11) is 1.36. The van der Waals surface area contributed by atoms with Crippen molar-refractivity contribution in [1.82, 2.24) is 9.94 Å². The summed E-state index contributed by atoms with van der Waals surface area (Å²) in [5.74, 6) is 0.0249. The smallest absolute Gasteiger partial charge is 0.260 e. The van der Waals surface area contributed by atoms with Gasteiger partial charge >= 0.3 is 0 Å². The Kier molecular flexibility index (Phi) is 2.00. The highest BCUT2D eigenvalue weighted by atomic mass is 35.5. The van der Waals surface area contributed by atoms with Gasteiger partial charge in [-0.2, -0.15) is 0 Å². The number of aromatic nitrogens is 2. The molecule has 0 radical (unpaired) electrons. The molecule has 0 aromatic carbocycles. The van der Waals surface area contributed by atoms with Crippen molar-refractivity contribution < 1.29 is 9.94 Å². The van der Waals surface area contributed by atoms with Crippen molar-refractivity contribution in [3.05, 3.63) is 16.6 Å². The molecule has 0 saturated heterocycles. The summed E-state index contributed by atoms with van der Waals surface area (Å²) in [5, 5.41) is 19.5. The minimum atomic E-state index is -0.0317. The van der Waals surface area contributed by atoms with E-state index in [1.807, 2.05) is 0 Å². The van der Waals surface area contributed by atoms with E-state index in [4.69, 9.17) is 22.2 Å². The highest BCUT2D eigenvalue weighted by Gasteiger charge is 2.01. The minimum absolute atomic E-state index is 0.0249. The Morgan fingerprint density at radius 1 is 1.82 bits per heavy atom. The zero-order valence-corrected chi connectivity index (χ0v) is 6.46. The summed E-state index contributed by atoms with van der Waals surface area (Å²) >= 11 is 5.42. The van der Waals surface area contributed by atoms with E-state index in [2.05, 4.69) is 9.84 Å². The fraction of sp³-hybridized carbons (Fsp3) is 0.200. The molecule has 0 saturated carbocycles. The maximum absolute atomic E-state index is 8.87. The molecule has 60 valence electrons. The Morgan fingerprint density at radius 3 is 3.00 bits per heavy atom. The molecule has 1 aromatic rings. The summed E-state index contributed by atoms with van der Waals surface area (Å²) < 4.78 is 4.64. The summed E-state index contributed by atoms with van der Waals surface area (Å²) in [6.45, 7) is 0. The van der Waals surface area contributed by atoms with Crippen molar-refractivity contribution in [1.29, 1.82) is 5.41 Å². The van der Waals surface area contributed by atoms with Crippen LogP contribution in [0.1, 0.15) is 0 Å². The number of nitrogens with one attached hydrogen (secondary N) is 1. The summed E-state index contributed by atoms with van der Waals surface area (Å²) in [5.41, 5.74) is 0. The van der Waals surface area contributed by atoms with E-state index in [1.165, 1.54) is 13.2 Å². The number of nitrogens with zero attached hydrogens (tertiary/aromatic N) is 2. The molecule has 6 heteroatoms. The molecule has 5 nitrogen and oxygen atoms in total. The maximum Gasteiger partial charge on any atom is 0.260 e. The Morgan fingerprint density at radius 2 is 2.45 bits per heavy atom. The van der Waals surface area contributed by atoms with Gasteiger partial charge in [0.25, 0.3) is 5.88 Å². The van der Waals surface area contributed by atoms with E-state index in [0.29, 0.717) is 4.85 Å². The number of ether oxygens (including phenoxy) is 1. The van der Waals surface area contributed by atoms with Gasteiger partial charge in [-0.25, -0.2) is 0 Å². The third kappa shape index (κ3) is 1.43. The molecule has 0 bridgehead atoms. The molecular weight excluding hydrogens is 170 g/mol. The number of hydrogen-bond acceptors (Lipinski definition) is 4. The standard InChI is InChI=1S/C5H6ClN3O2/c1-11-5-3(7)2-4(6)9(10)8-5/h2,7,10H,1H3. The molecule has 0 aliphatic heterocycles. The van der Waals surface area contributed by atoms with E-state index in [1.54, 1.807) is 0 Å². The van der Waals surface area contributed by atoms with Gasteiger partial charge in [0, 0.05) is 6.07 Å². The van der Waals surface area contributed by atoms with Gasteiger partial charge in [0.15, 0.2) is 5.15 Å². The lowest BCUT2D eigenvalue weighted by Gasteiger charge is -2.01. The predicted molar refractivity (Wildman–Crippen MR) is 36.8 cm³/mol. The van der Waals surface area contributed by atoms with Gasteiger partial charge in [-0.3, -0.25) is 5.41 Å². The second-order valence-corrected chi connectivity index (χ2v) is 2.17. The number of halogens is 1. The van der Waals surface area contributed by atoms with Crippen LogP contribution >= 0.6 is 11.6 Å². The molecule has 0 unspecified atom stereocenters. The lowest BCUT2D eigenvalue weighted by molar-refractivity contribution is 0.136. The topological polar surface area (TPSA) is 71.1 Å². The van der Waals surface area contributed by atoms with Gasteiger partial charge < -0.3 is 9.94 Å². The van der Waals surface area contributed by atoms with Crippen LogP contribution in [0.4, 0.5) is 0 Å². The Hall–Kier alpha value is -1.23. The average Bonchev–Trinajstić information content (AvgIpc) is 1.97. The van der Waals surface area contributed by atoms with Gasteiger partial charge in [-0.1, -0.05) is 21.5 Å². The maximum atomic E-state index is 8.87. The molecule has 1 rings (SSSR count). The van der Waals surface area contributed by atoms with E-state index in [9.17, 15) is 0 Å². The van der Waals surface area contributed by atoms with Crippen LogP contribution in [-0.4, -0.2) is 22.3 Å². The summed E-state index contributed by atoms with van der Waals surface area (Å²) in [4.78, 5) is 0.443. The third-order valence-electron chi connectivity index (χ3n) is 1.06. The van der Waals surface area contributed by atoms with Gasteiger partial charge in [0.05, 0.1) is 7.11 Å². The van der Waals surface area contributed by atoms with Crippen LogP contribution in [-0.2, 0) is 0 Å². The molecule has 0 amide bonds. The first kappa shape index (κ1) is 7.87. The third-order valence-corrected chi connectivity index (χ3v) is 1.32. The zero-order chi connectivity index (χ0) is 8.43. The van der Waals surface area contributed by atoms with Crippen LogP contribution in [0.2, 0.25) is 5.15 Å². The SMILES string of the molecule is COc1nn(O)c(Cl)cc1=N. The van der Waals surface area contributed by atoms with E-state index < -0.39 is 0 Å². The van der Waals surface area contributed by atoms with Crippen molar-refractivity contribution in [2.75, 3.05) is 7.11 Å². The fourth-order valence-electron chi connectivity index (χ4n) is 0.577. The summed E-state index contributed by atoms with van der Waals surface area (Å²) in [6, 6.07) is 1.23. The van der Waals surface area contributed by atoms with Crippen LogP contribution in [0.3, 0.4) is 0 Å². The Balaban J connectivity index is 3.32. The first-order valence-electron chi connectivity index (χ1n) is 2.73. The van der Waals surface area contributed by atoms with Gasteiger partial charge in [-0.05, 0) is 0 Å². The molecule has 0 fully saturated rings. The van der Waals surface area contributed by atoms with Crippen molar-refractivity contribution in [2.24, 2.45) is 0 Å². The van der Waals surface area contributed by atoms with Crippen molar-refractivity contribution in [2.45, 2.75) is 0 Å². The van der Waals surface area contributed by atoms with Crippen LogP contribution < -0.4 is 10.1 Å². The van der Waals surface area contributed by atoms with Crippen molar-refractivity contribution in [3.63, 3.8) is 0 Å². The van der Waals surface area contributed by atoms with Crippen LogP contribution in [0, 0.1) is 5.41 Å². The molecule has 11 heavy (non-hydrogen) atoms. The second-order valence-electron chi connectivity index (χ2n) is 1.78. The predicted octanol–water partition coefficient (Wildman–Crippen LogP) is 0.262. The first-order valence-corrected chi connectivity index (χ1v) is 3.10. The lowest BCUT2D eigenvalue weighted by Crippen LogP contribution is -2.13. The minimum Gasteiger partial charge on any atom is -0.478 e. The molecule has 2 N–H and O–H groups in total. The van der Waals surface area contributed by atoms with E-state index in [-0.39, 0.29) is 16.4 Å². The number of rotatable bonds is 1. The van der Waals surface area contributed by atoms with Crippen molar-refractivity contribution in [3.8, 4) is 5.88 Å². The molecule has 0 spiro atoms. The Bertz CT molecular complexity index is 322. The summed E-state index contributed by atoms with van der Waals surface area (Å²) in [6.07, 6.45) is 0. The highest BCUT2D eigenvalue weighted by molar-refractivity contribution is 6.29. The normalized spacial score (nSPS) is 9.64. The van der Waals surface area contributed by atoms with Gasteiger partial charge in [0.2, 0.25) is 0 Å². The van der Waals surface area contributed by atoms with Crippen LogP contribution in [0.25, 0.3) is 0 Å².